The van der Waals surface area contributed by atoms with E-state index in [4.69, 9.17) is 23.8 Å². The van der Waals surface area contributed by atoms with Gasteiger partial charge >= 0.3 is 0 Å². The maximum Gasteiger partial charge on any atom is 0.195 e. The Morgan fingerprint density at radius 1 is 1.20 bits per heavy atom. The molecule has 2 aromatic heterocycles. The van der Waals surface area contributed by atoms with Crippen LogP contribution in [0.5, 0.6) is 0 Å². The van der Waals surface area contributed by atoms with Gasteiger partial charge in [-0.3, -0.25) is 14.6 Å². The second kappa shape index (κ2) is 5.56. The van der Waals surface area contributed by atoms with E-state index >= 15 is 0 Å². The second-order valence-electron chi connectivity index (χ2n) is 4.28. The van der Waals surface area contributed by atoms with Gasteiger partial charge in [-0.25, -0.2) is 0 Å². The van der Waals surface area contributed by atoms with Gasteiger partial charge < -0.3 is 0 Å². The summed E-state index contributed by atoms with van der Waals surface area (Å²) in [5.74, 6) is 0.718. The van der Waals surface area contributed by atoms with Crippen molar-refractivity contribution in [2.75, 3.05) is 0 Å². The Labute approximate surface area is 126 Å². The lowest BCUT2D eigenvalue weighted by atomic mass is 10.2. The summed E-state index contributed by atoms with van der Waals surface area (Å²) in [6.45, 7) is 0.599. The van der Waals surface area contributed by atoms with Gasteiger partial charge in [-0.1, -0.05) is 29.8 Å². The summed E-state index contributed by atoms with van der Waals surface area (Å²) in [6.07, 6.45) is 1.73. The highest BCUT2D eigenvalue weighted by atomic mass is 35.5. The highest BCUT2D eigenvalue weighted by Crippen LogP contribution is 2.17. The summed E-state index contributed by atoms with van der Waals surface area (Å²) < 4.78 is 2.47. The van der Waals surface area contributed by atoms with E-state index in [1.165, 1.54) is 0 Å². The Morgan fingerprint density at radius 2 is 2.10 bits per heavy atom. The maximum absolute atomic E-state index is 6.01. The van der Waals surface area contributed by atoms with Gasteiger partial charge in [0.2, 0.25) is 0 Å². The van der Waals surface area contributed by atoms with Crippen LogP contribution in [0.2, 0.25) is 5.02 Å². The first kappa shape index (κ1) is 13.0. The van der Waals surface area contributed by atoms with Gasteiger partial charge in [0.05, 0.1) is 6.54 Å². The van der Waals surface area contributed by atoms with Gasteiger partial charge in [0.1, 0.15) is 5.69 Å². The molecule has 3 aromatic rings. The van der Waals surface area contributed by atoms with Crippen molar-refractivity contribution in [2.45, 2.75) is 6.54 Å². The zero-order valence-corrected chi connectivity index (χ0v) is 12.0. The first-order valence-corrected chi connectivity index (χ1v) is 6.84. The minimum atomic E-state index is 0.561. The van der Waals surface area contributed by atoms with Crippen LogP contribution < -0.4 is 0 Å². The van der Waals surface area contributed by atoms with Crippen molar-refractivity contribution < 1.29 is 0 Å². The van der Waals surface area contributed by atoms with Crippen molar-refractivity contribution in [3.63, 3.8) is 0 Å². The average Bonchev–Trinajstić information content (AvgIpc) is 2.81. The summed E-state index contributed by atoms with van der Waals surface area (Å²) in [4.78, 5) is 4.31. The van der Waals surface area contributed by atoms with Gasteiger partial charge in [0, 0.05) is 11.2 Å². The van der Waals surface area contributed by atoms with Gasteiger partial charge in [0.15, 0.2) is 10.6 Å². The van der Waals surface area contributed by atoms with Crippen LogP contribution in [0.25, 0.3) is 11.5 Å². The Bertz CT molecular complexity index is 779. The van der Waals surface area contributed by atoms with Crippen LogP contribution in [-0.4, -0.2) is 19.7 Å². The number of aromatic amines is 1. The molecule has 0 saturated heterocycles. The molecule has 0 saturated carbocycles. The summed E-state index contributed by atoms with van der Waals surface area (Å²) in [5, 5.41) is 7.77. The third kappa shape index (κ3) is 2.64. The molecule has 100 valence electrons. The highest BCUT2D eigenvalue weighted by Gasteiger charge is 2.10. The topological polar surface area (TPSA) is 46.5 Å². The number of rotatable bonds is 3. The van der Waals surface area contributed by atoms with E-state index < -0.39 is 0 Å². The second-order valence-corrected chi connectivity index (χ2v) is 5.11. The van der Waals surface area contributed by atoms with E-state index in [1.807, 2.05) is 47.0 Å². The highest BCUT2D eigenvalue weighted by molar-refractivity contribution is 7.71. The Hall–Kier alpha value is -1.98. The SMILES string of the molecule is S=c1[nH]nc(-c2ccccn2)n1Cc1cccc(Cl)c1. The number of benzene rings is 1. The van der Waals surface area contributed by atoms with E-state index in [9.17, 15) is 0 Å². The van der Waals surface area contributed by atoms with Crippen molar-refractivity contribution in [1.82, 2.24) is 19.7 Å². The van der Waals surface area contributed by atoms with Crippen molar-refractivity contribution >= 4 is 23.8 Å². The van der Waals surface area contributed by atoms with Crippen molar-refractivity contribution in [3.8, 4) is 11.5 Å². The zero-order chi connectivity index (χ0) is 13.9. The monoisotopic (exact) mass is 302 g/mol. The normalized spacial score (nSPS) is 10.7. The average molecular weight is 303 g/mol. The molecule has 0 aliphatic rings. The molecule has 0 aliphatic carbocycles. The summed E-state index contributed by atoms with van der Waals surface area (Å²) in [5.41, 5.74) is 1.84. The fourth-order valence-electron chi connectivity index (χ4n) is 1.97. The first-order chi connectivity index (χ1) is 9.74. The molecule has 0 radical (unpaired) electrons. The van der Waals surface area contributed by atoms with E-state index in [0.717, 1.165) is 17.1 Å². The third-order valence-electron chi connectivity index (χ3n) is 2.88. The molecule has 0 atom stereocenters. The van der Waals surface area contributed by atoms with Crippen LogP contribution >= 0.6 is 23.8 Å². The summed E-state index contributed by atoms with van der Waals surface area (Å²) in [7, 11) is 0. The minimum Gasteiger partial charge on any atom is -0.294 e. The number of aromatic nitrogens is 4. The number of H-pyrrole nitrogens is 1. The molecule has 2 heterocycles. The summed E-state index contributed by atoms with van der Waals surface area (Å²) >= 11 is 11.3. The molecule has 0 unspecified atom stereocenters. The minimum absolute atomic E-state index is 0.561. The largest absolute Gasteiger partial charge is 0.294 e. The standard InChI is InChI=1S/C14H11ClN4S/c15-11-5-3-4-10(8-11)9-19-13(17-18-14(19)20)12-6-1-2-7-16-12/h1-8H,9H2,(H,18,20). The van der Waals surface area contributed by atoms with E-state index in [1.54, 1.807) is 6.20 Å². The number of halogens is 1. The molecule has 0 aliphatic heterocycles. The molecule has 3 rings (SSSR count). The van der Waals surface area contributed by atoms with Gasteiger partial charge in [-0.2, -0.15) is 5.10 Å². The number of hydrogen-bond acceptors (Lipinski definition) is 3. The molecular weight excluding hydrogens is 292 g/mol. The van der Waals surface area contributed by atoms with E-state index in [2.05, 4.69) is 15.2 Å². The van der Waals surface area contributed by atoms with Crippen LogP contribution in [0.4, 0.5) is 0 Å². The maximum atomic E-state index is 6.01. The quantitative estimate of drug-likeness (QED) is 0.750. The van der Waals surface area contributed by atoms with Crippen molar-refractivity contribution in [2.24, 2.45) is 0 Å². The molecule has 0 fully saturated rings. The number of pyridine rings is 1. The van der Waals surface area contributed by atoms with Crippen molar-refractivity contribution in [3.05, 3.63) is 64.0 Å². The lowest BCUT2D eigenvalue weighted by Gasteiger charge is -2.06. The van der Waals surface area contributed by atoms with E-state index in [0.29, 0.717) is 16.3 Å². The molecule has 6 heteroatoms. The molecule has 1 N–H and O–H groups in total. The lowest BCUT2D eigenvalue weighted by molar-refractivity contribution is 0.788. The number of nitrogens with zero attached hydrogens (tertiary/aromatic N) is 3. The predicted molar refractivity (Wildman–Crippen MR) is 81.2 cm³/mol. The van der Waals surface area contributed by atoms with Crippen LogP contribution in [0.1, 0.15) is 5.56 Å². The fraction of sp³-hybridized carbons (Fsp3) is 0.0714. The van der Waals surface area contributed by atoms with Gasteiger partial charge in [0.25, 0.3) is 0 Å². The van der Waals surface area contributed by atoms with Crippen LogP contribution in [0.3, 0.4) is 0 Å². The number of nitrogens with one attached hydrogen (secondary N) is 1. The molecule has 20 heavy (non-hydrogen) atoms. The third-order valence-corrected chi connectivity index (χ3v) is 3.43. The van der Waals surface area contributed by atoms with Crippen molar-refractivity contribution in [1.29, 1.82) is 0 Å². The number of hydrogen-bond donors (Lipinski definition) is 1. The first-order valence-electron chi connectivity index (χ1n) is 6.05. The van der Waals surface area contributed by atoms with Crippen LogP contribution in [0.15, 0.2) is 48.7 Å². The van der Waals surface area contributed by atoms with Crippen LogP contribution in [0, 0.1) is 4.77 Å². The van der Waals surface area contributed by atoms with Gasteiger partial charge in [-0.05, 0) is 42.0 Å². The fourth-order valence-corrected chi connectivity index (χ4v) is 2.38. The molecule has 1 aromatic carbocycles. The summed E-state index contributed by atoms with van der Waals surface area (Å²) in [6, 6.07) is 13.4. The molecular formula is C14H11ClN4S. The van der Waals surface area contributed by atoms with Gasteiger partial charge in [-0.15, -0.1) is 0 Å². The zero-order valence-electron chi connectivity index (χ0n) is 10.5. The van der Waals surface area contributed by atoms with Crippen LogP contribution in [-0.2, 0) is 6.54 Å². The lowest BCUT2D eigenvalue weighted by Crippen LogP contribution is -2.03. The predicted octanol–water partition coefficient (Wildman–Crippen LogP) is 3.70. The molecule has 0 bridgehead atoms. The molecule has 0 amide bonds. The Morgan fingerprint density at radius 3 is 2.85 bits per heavy atom. The Kier molecular flexibility index (Phi) is 3.62. The molecule has 0 spiro atoms. The molecule has 4 nitrogen and oxygen atoms in total. The smallest absolute Gasteiger partial charge is 0.195 e. The van der Waals surface area contributed by atoms with E-state index in [-0.39, 0.29) is 0 Å². The Balaban J connectivity index is 2.02.